The molecule has 7 heteroatoms. The number of aromatic nitrogens is 5. The van der Waals surface area contributed by atoms with Crippen LogP contribution in [0.1, 0.15) is 36.8 Å². The maximum atomic E-state index is 12.5. The molecule has 0 radical (unpaired) electrons. The molecule has 152 valence electrons. The van der Waals surface area contributed by atoms with E-state index in [9.17, 15) is 4.79 Å². The Kier molecular flexibility index (Phi) is 5.18. The van der Waals surface area contributed by atoms with Gasteiger partial charge in [-0.2, -0.15) is 10.2 Å². The van der Waals surface area contributed by atoms with Gasteiger partial charge in [-0.1, -0.05) is 18.2 Å². The normalized spacial score (nSPS) is 11.6. The summed E-state index contributed by atoms with van der Waals surface area (Å²) < 4.78 is 3.74. The molecule has 1 amide bonds. The van der Waals surface area contributed by atoms with Crippen molar-refractivity contribution in [2.24, 2.45) is 0 Å². The fourth-order valence-corrected chi connectivity index (χ4v) is 3.45. The van der Waals surface area contributed by atoms with Crippen LogP contribution in [-0.4, -0.2) is 30.5 Å². The van der Waals surface area contributed by atoms with E-state index >= 15 is 0 Å². The molecule has 1 aromatic carbocycles. The highest BCUT2D eigenvalue weighted by atomic mass is 16.1. The van der Waals surface area contributed by atoms with E-state index < -0.39 is 0 Å². The number of nitrogens with zero attached hydrogens (tertiary/aromatic N) is 5. The average molecular weight is 400 g/mol. The molecule has 3 heterocycles. The molecule has 0 bridgehead atoms. The molecule has 0 spiro atoms. The third-order valence-electron chi connectivity index (χ3n) is 4.94. The van der Waals surface area contributed by atoms with E-state index in [1.54, 1.807) is 18.5 Å². The number of carbonyl (C=O) groups excluding carboxylic acids is 1. The summed E-state index contributed by atoms with van der Waals surface area (Å²) in [6.45, 7) is 8.04. The van der Waals surface area contributed by atoms with Crippen LogP contribution in [0.25, 0.3) is 22.8 Å². The van der Waals surface area contributed by atoms with Crippen LogP contribution in [0.2, 0.25) is 0 Å². The SMILES string of the molecule is Cc1nn(-c2ccccc2)c(C)c1/C=C/C(=O)Nc1cnc2c(cnn2C(C)C)c1. The second kappa shape index (κ2) is 7.94. The number of rotatable bonds is 5. The van der Waals surface area contributed by atoms with Crippen molar-refractivity contribution in [2.75, 3.05) is 5.32 Å². The molecule has 7 nitrogen and oxygen atoms in total. The number of anilines is 1. The molecule has 0 aliphatic rings. The molecule has 0 saturated carbocycles. The first-order chi connectivity index (χ1) is 14.4. The second-order valence-electron chi connectivity index (χ2n) is 7.47. The summed E-state index contributed by atoms with van der Waals surface area (Å²) in [5.74, 6) is -0.223. The Bertz CT molecular complexity index is 1230. The highest BCUT2D eigenvalue weighted by molar-refractivity contribution is 6.02. The van der Waals surface area contributed by atoms with Crippen molar-refractivity contribution in [3.63, 3.8) is 0 Å². The van der Waals surface area contributed by atoms with E-state index in [4.69, 9.17) is 0 Å². The highest BCUT2D eigenvalue weighted by Gasteiger charge is 2.11. The van der Waals surface area contributed by atoms with Crippen molar-refractivity contribution < 1.29 is 4.79 Å². The first kappa shape index (κ1) is 19.6. The Balaban J connectivity index is 1.52. The Morgan fingerprint density at radius 1 is 1.13 bits per heavy atom. The summed E-state index contributed by atoms with van der Waals surface area (Å²) in [4.78, 5) is 16.9. The number of nitrogens with one attached hydrogen (secondary N) is 1. The van der Waals surface area contributed by atoms with Gasteiger partial charge in [-0.25, -0.2) is 14.3 Å². The van der Waals surface area contributed by atoms with Gasteiger partial charge in [-0.05, 0) is 52.0 Å². The number of benzene rings is 1. The Morgan fingerprint density at radius 2 is 1.90 bits per heavy atom. The van der Waals surface area contributed by atoms with Gasteiger partial charge in [0.05, 0.1) is 29.5 Å². The summed E-state index contributed by atoms with van der Waals surface area (Å²) in [5.41, 5.74) is 5.20. The van der Waals surface area contributed by atoms with Crippen LogP contribution in [0.5, 0.6) is 0 Å². The molecule has 3 aromatic heterocycles. The smallest absolute Gasteiger partial charge is 0.248 e. The van der Waals surface area contributed by atoms with Gasteiger partial charge >= 0.3 is 0 Å². The van der Waals surface area contributed by atoms with E-state index in [2.05, 4.69) is 34.3 Å². The number of fused-ring (bicyclic) bond motifs is 1. The number of amides is 1. The van der Waals surface area contributed by atoms with Gasteiger partial charge in [0.15, 0.2) is 5.65 Å². The molecule has 30 heavy (non-hydrogen) atoms. The average Bonchev–Trinajstić information content (AvgIpc) is 3.27. The van der Waals surface area contributed by atoms with Gasteiger partial charge in [0.2, 0.25) is 5.91 Å². The van der Waals surface area contributed by atoms with Gasteiger partial charge in [0.1, 0.15) is 0 Å². The van der Waals surface area contributed by atoms with Gasteiger partial charge in [-0.15, -0.1) is 0 Å². The molecular weight excluding hydrogens is 376 g/mol. The molecule has 0 aliphatic carbocycles. The molecule has 0 aliphatic heterocycles. The van der Waals surface area contributed by atoms with Crippen molar-refractivity contribution in [1.82, 2.24) is 24.5 Å². The minimum atomic E-state index is -0.223. The Hall–Kier alpha value is -3.74. The lowest BCUT2D eigenvalue weighted by Gasteiger charge is -2.07. The van der Waals surface area contributed by atoms with Crippen molar-refractivity contribution in [2.45, 2.75) is 33.7 Å². The maximum Gasteiger partial charge on any atom is 0.248 e. The monoisotopic (exact) mass is 400 g/mol. The summed E-state index contributed by atoms with van der Waals surface area (Å²) >= 11 is 0. The molecule has 4 aromatic rings. The van der Waals surface area contributed by atoms with Crippen LogP contribution in [0.4, 0.5) is 5.69 Å². The Morgan fingerprint density at radius 3 is 2.63 bits per heavy atom. The van der Waals surface area contributed by atoms with Crippen LogP contribution >= 0.6 is 0 Å². The zero-order valence-corrected chi connectivity index (χ0v) is 17.5. The van der Waals surface area contributed by atoms with Crippen LogP contribution in [0.3, 0.4) is 0 Å². The van der Waals surface area contributed by atoms with Crippen molar-refractivity contribution >= 4 is 28.7 Å². The third kappa shape index (κ3) is 3.74. The quantitative estimate of drug-likeness (QED) is 0.502. The topological polar surface area (TPSA) is 77.6 Å². The van der Waals surface area contributed by atoms with E-state index in [1.807, 2.05) is 59.6 Å². The minimum Gasteiger partial charge on any atom is -0.321 e. The lowest BCUT2D eigenvalue weighted by atomic mass is 10.2. The lowest BCUT2D eigenvalue weighted by molar-refractivity contribution is -0.111. The number of aryl methyl sites for hydroxylation is 1. The summed E-state index contributed by atoms with van der Waals surface area (Å²) in [5, 5.41) is 12.7. The fourth-order valence-electron chi connectivity index (χ4n) is 3.45. The predicted molar refractivity (Wildman–Crippen MR) is 119 cm³/mol. The minimum absolute atomic E-state index is 0.223. The lowest BCUT2D eigenvalue weighted by Crippen LogP contribution is -2.08. The summed E-state index contributed by atoms with van der Waals surface area (Å²) in [7, 11) is 0. The van der Waals surface area contributed by atoms with Crippen molar-refractivity contribution in [1.29, 1.82) is 0 Å². The third-order valence-corrected chi connectivity index (χ3v) is 4.94. The number of carbonyl (C=O) groups is 1. The molecule has 1 N–H and O–H groups in total. The van der Waals surface area contributed by atoms with Gasteiger partial charge in [-0.3, -0.25) is 4.79 Å². The van der Waals surface area contributed by atoms with Crippen molar-refractivity contribution in [3.05, 3.63) is 71.8 Å². The standard InChI is InChI=1S/C23H24N6O/c1-15(2)28-23-18(13-25-28)12-19(14-24-23)26-22(30)11-10-21-16(3)27-29(17(21)4)20-8-6-5-7-9-20/h5-15H,1-4H3,(H,26,30)/b11-10+. The van der Waals surface area contributed by atoms with E-state index in [0.29, 0.717) is 5.69 Å². The largest absolute Gasteiger partial charge is 0.321 e. The first-order valence-corrected chi connectivity index (χ1v) is 9.88. The first-order valence-electron chi connectivity index (χ1n) is 9.88. The molecule has 0 unspecified atom stereocenters. The van der Waals surface area contributed by atoms with Gasteiger partial charge < -0.3 is 5.32 Å². The number of hydrogen-bond donors (Lipinski definition) is 1. The molecule has 0 fully saturated rings. The van der Waals surface area contributed by atoms with E-state index in [-0.39, 0.29) is 11.9 Å². The molecule has 0 saturated heterocycles. The zero-order chi connectivity index (χ0) is 21.3. The number of para-hydroxylation sites is 1. The van der Waals surface area contributed by atoms with Crippen LogP contribution < -0.4 is 5.32 Å². The molecular formula is C23H24N6O. The van der Waals surface area contributed by atoms with Crippen LogP contribution in [0.15, 0.2) is 54.9 Å². The predicted octanol–water partition coefficient (Wildman–Crippen LogP) is 4.47. The van der Waals surface area contributed by atoms with E-state index in [1.165, 1.54) is 6.08 Å². The maximum absolute atomic E-state index is 12.5. The number of hydrogen-bond acceptors (Lipinski definition) is 4. The van der Waals surface area contributed by atoms with E-state index in [0.717, 1.165) is 33.7 Å². The molecule has 0 atom stereocenters. The summed E-state index contributed by atoms with van der Waals surface area (Å²) in [6.07, 6.45) is 6.74. The molecule has 4 rings (SSSR count). The van der Waals surface area contributed by atoms with Gasteiger partial charge in [0.25, 0.3) is 0 Å². The fraction of sp³-hybridized carbons (Fsp3) is 0.217. The van der Waals surface area contributed by atoms with Crippen molar-refractivity contribution in [3.8, 4) is 5.69 Å². The summed E-state index contributed by atoms with van der Waals surface area (Å²) in [6, 6.07) is 12.0. The number of pyridine rings is 1. The second-order valence-corrected chi connectivity index (χ2v) is 7.47. The van der Waals surface area contributed by atoms with Crippen LogP contribution in [0, 0.1) is 13.8 Å². The van der Waals surface area contributed by atoms with Crippen LogP contribution in [-0.2, 0) is 4.79 Å². The zero-order valence-electron chi connectivity index (χ0n) is 17.5. The highest BCUT2D eigenvalue weighted by Crippen LogP contribution is 2.21. The van der Waals surface area contributed by atoms with Gasteiger partial charge in [0, 0.05) is 28.8 Å². The Labute approximate surface area is 175 Å².